The maximum atomic E-state index is 13.6. The van der Waals surface area contributed by atoms with Gasteiger partial charge in [-0.2, -0.15) is 0 Å². The number of carbonyl (C=O) groups is 2. The molecule has 4 rings (SSSR count). The Balaban J connectivity index is 0.00000103. The molecule has 1 aromatic carbocycles. The van der Waals surface area contributed by atoms with Crippen LogP contribution in [-0.2, 0) is 14.3 Å². The average molecular weight is 564 g/mol. The highest BCUT2D eigenvalue weighted by atomic mass is 35.5. The highest BCUT2D eigenvalue weighted by molar-refractivity contribution is 6.38. The van der Waals surface area contributed by atoms with Gasteiger partial charge in [0, 0.05) is 58.9 Å². The number of allylic oxidation sites excluding steroid dienone is 1. The molecule has 2 aromatic rings. The van der Waals surface area contributed by atoms with E-state index in [1.165, 1.54) is 4.90 Å². The Kier molecular flexibility index (Phi) is 11.2. The van der Waals surface area contributed by atoms with Crippen LogP contribution in [0.1, 0.15) is 46.1 Å². The summed E-state index contributed by atoms with van der Waals surface area (Å²) >= 11 is 6.64. The van der Waals surface area contributed by atoms with Crippen LogP contribution in [0.4, 0.5) is 0 Å². The Morgan fingerprint density at radius 3 is 2.55 bits per heavy atom. The van der Waals surface area contributed by atoms with E-state index in [-0.39, 0.29) is 12.6 Å². The number of amidine groups is 1. The van der Waals surface area contributed by atoms with Crippen molar-refractivity contribution >= 4 is 34.8 Å². The molecule has 2 aliphatic heterocycles. The van der Waals surface area contributed by atoms with Gasteiger partial charge in [0.2, 0.25) is 5.91 Å². The molecule has 0 spiro atoms. The Bertz CT molecular complexity index is 1310. The minimum atomic E-state index is -0.659. The van der Waals surface area contributed by atoms with Crippen molar-refractivity contribution in [2.24, 2.45) is 16.6 Å². The summed E-state index contributed by atoms with van der Waals surface area (Å²) in [4.78, 5) is 35.5. The fourth-order valence-electron chi connectivity index (χ4n) is 4.20. The van der Waals surface area contributed by atoms with Gasteiger partial charge in [-0.05, 0) is 49.5 Å². The smallest absolute Gasteiger partial charge is 0.260 e. The predicted molar refractivity (Wildman–Crippen MR) is 161 cm³/mol. The van der Waals surface area contributed by atoms with E-state index in [0.717, 1.165) is 29.9 Å². The Hall–Kier alpha value is -3.75. The van der Waals surface area contributed by atoms with Gasteiger partial charge in [0.05, 0.1) is 0 Å². The van der Waals surface area contributed by atoms with Gasteiger partial charge in [-0.3, -0.25) is 19.5 Å². The fraction of sp³-hybridized carbons (Fsp3) is 0.355. The third kappa shape index (κ3) is 8.37. The van der Waals surface area contributed by atoms with Crippen molar-refractivity contribution in [2.75, 3.05) is 19.8 Å². The molecule has 0 aliphatic carbocycles. The van der Waals surface area contributed by atoms with E-state index in [2.05, 4.69) is 42.6 Å². The Labute approximate surface area is 241 Å². The number of nitrogens with zero attached hydrogens (tertiary/aromatic N) is 3. The predicted octanol–water partition coefficient (Wildman–Crippen LogP) is 5.36. The number of hydrogen-bond acceptors (Lipinski definition) is 6. The first-order valence-electron chi connectivity index (χ1n) is 13.4. The van der Waals surface area contributed by atoms with Crippen LogP contribution in [-0.4, -0.2) is 53.3 Å². The largest absolute Gasteiger partial charge is 0.381 e. The minimum absolute atomic E-state index is 0.178. The van der Waals surface area contributed by atoms with Crippen molar-refractivity contribution in [3.8, 4) is 11.1 Å². The second-order valence-corrected chi connectivity index (χ2v) is 10.6. The number of rotatable bonds is 7. The summed E-state index contributed by atoms with van der Waals surface area (Å²) in [6.45, 7) is 13.3. The van der Waals surface area contributed by atoms with Crippen LogP contribution in [0, 0.1) is 5.92 Å². The maximum absolute atomic E-state index is 13.6. The van der Waals surface area contributed by atoms with Crippen molar-refractivity contribution in [3.63, 3.8) is 0 Å². The monoisotopic (exact) mass is 563 g/mol. The minimum Gasteiger partial charge on any atom is -0.381 e. The van der Waals surface area contributed by atoms with Crippen LogP contribution in [0.25, 0.3) is 16.7 Å². The number of hydrogen-bond donors (Lipinski definition) is 2. The summed E-state index contributed by atoms with van der Waals surface area (Å²) < 4.78 is 5.40. The standard InChI is InChI=1S/C27H28ClN5O3.C4H10/c1-3-18-13-23(22-7-6-19(14-24(22)28)20-5-4-10-30-15-20)27(35)33(16-25(29)34)26(18)32-17(2)31-21-8-11-36-12-9-21;1-4(2)3/h3-7,10,13-15,21,31H,2,8-9,11-12,16H2,1H3,(H2,29,34);4H,1-3H3/b18-3-,32-26+;. The van der Waals surface area contributed by atoms with Crippen molar-refractivity contribution in [2.45, 2.75) is 46.6 Å². The van der Waals surface area contributed by atoms with Crippen LogP contribution < -0.4 is 11.1 Å². The number of aliphatic imine (C=N–C) groups is 1. The van der Waals surface area contributed by atoms with Crippen molar-refractivity contribution in [3.05, 3.63) is 83.4 Å². The number of amides is 2. The summed E-state index contributed by atoms with van der Waals surface area (Å²) in [5.41, 5.74) is 8.81. The Morgan fingerprint density at radius 2 is 1.98 bits per heavy atom. The van der Waals surface area contributed by atoms with Gasteiger partial charge in [0.15, 0.2) is 0 Å². The lowest BCUT2D eigenvalue weighted by Gasteiger charge is -2.30. The molecular formula is C31H38ClN5O3. The van der Waals surface area contributed by atoms with E-state index in [4.69, 9.17) is 22.1 Å². The van der Waals surface area contributed by atoms with Gasteiger partial charge in [0.1, 0.15) is 18.2 Å². The van der Waals surface area contributed by atoms with Crippen molar-refractivity contribution in [1.29, 1.82) is 0 Å². The van der Waals surface area contributed by atoms with E-state index >= 15 is 0 Å². The first-order chi connectivity index (χ1) is 19.1. The lowest BCUT2D eigenvalue weighted by atomic mass is 9.94. The molecule has 0 unspecified atom stereocenters. The number of nitrogens with two attached hydrogens (primary N) is 1. The zero-order valence-corrected chi connectivity index (χ0v) is 24.4. The van der Waals surface area contributed by atoms with Gasteiger partial charge in [-0.1, -0.05) is 63.2 Å². The van der Waals surface area contributed by atoms with Crippen LogP contribution in [0.5, 0.6) is 0 Å². The summed E-state index contributed by atoms with van der Waals surface area (Å²) in [7, 11) is 0. The van der Waals surface area contributed by atoms with Gasteiger partial charge >= 0.3 is 0 Å². The molecule has 3 heterocycles. The number of benzene rings is 1. The number of aromatic nitrogens is 1. The fourth-order valence-corrected chi connectivity index (χ4v) is 4.48. The summed E-state index contributed by atoms with van der Waals surface area (Å²) in [6.07, 6.45) is 8.66. The normalized spacial score (nSPS) is 17.9. The van der Waals surface area contributed by atoms with Gasteiger partial charge in [-0.25, -0.2) is 4.99 Å². The van der Waals surface area contributed by atoms with Crippen LogP contribution in [0.2, 0.25) is 5.02 Å². The molecule has 0 radical (unpaired) electrons. The summed E-state index contributed by atoms with van der Waals surface area (Å²) in [5.74, 6) is 0.453. The Morgan fingerprint density at radius 1 is 1.27 bits per heavy atom. The first-order valence-corrected chi connectivity index (χ1v) is 13.8. The molecule has 0 bridgehead atoms. The van der Waals surface area contributed by atoms with Crippen LogP contribution >= 0.6 is 11.6 Å². The molecule has 1 saturated heterocycles. The molecule has 0 saturated carbocycles. The molecule has 3 N–H and O–H groups in total. The number of nitrogens with one attached hydrogen (secondary N) is 1. The number of pyridine rings is 1. The molecule has 1 aromatic heterocycles. The van der Waals surface area contributed by atoms with E-state index < -0.39 is 11.8 Å². The number of carbonyl (C=O) groups excluding carboxylic acids is 2. The molecule has 0 atom stereocenters. The van der Waals surface area contributed by atoms with Crippen molar-refractivity contribution < 1.29 is 14.3 Å². The van der Waals surface area contributed by atoms with E-state index in [1.807, 2.05) is 31.2 Å². The van der Waals surface area contributed by atoms with E-state index in [0.29, 0.717) is 46.6 Å². The van der Waals surface area contributed by atoms with E-state index in [9.17, 15) is 9.59 Å². The molecule has 40 heavy (non-hydrogen) atoms. The van der Waals surface area contributed by atoms with Crippen molar-refractivity contribution in [1.82, 2.24) is 15.2 Å². The number of primary amides is 1. The summed E-state index contributed by atoms with van der Waals surface area (Å²) in [6, 6.07) is 9.41. The maximum Gasteiger partial charge on any atom is 0.260 e. The van der Waals surface area contributed by atoms with Crippen LogP contribution in [0.3, 0.4) is 0 Å². The second kappa shape index (κ2) is 14.6. The second-order valence-electron chi connectivity index (χ2n) is 10.2. The average Bonchev–Trinajstić information content (AvgIpc) is 2.92. The number of halogens is 1. The topological polar surface area (TPSA) is 110 Å². The molecular weight excluding hydrogens is 526 g/mol. The molecule has 9 heteroatoms. The zero-order chi connectivity index (χ0) is 29.2. The molecule has 1 fully saturated rings. The van der Waals surface area contributed by atoms with Gasteiger partial charge < -0.3 is 15.8 Å². The lowest BCUT2D eigenvalue weighted by Crippen LogP contribution is -2.46. The van der Waals surface area contributed by atoms with E-state index in [1.54, 1.807) is 30.6 Å². The SMILES string of the molecule is C=C(/N=C1\C(=C/C)C=C(c2ccc(-c3cccnc3)cc2Cl)C(=O)N1CC(N)=O)NC1CCOCC1.CC(C)C. The summed E-state index contributed by atoms with van der Waals surface area (Å²) in [5, 5.41) is 3.68. The highest BCUT2D eigenvalue weighted by Crippen LogP contribution is 2.34. The quantitative estimate of drug-likeness (QED) is 0.471. The third-order valence-electron chi connectivity index (χ3n) is 6.00. The first kappa shape index (κ1) is 30.8. The van der Waals surface area contributed by atoms with Gasteiger partial charge in [-0.15, -0.1) is 0 Å². The van der Waals surface area contributed by atoms with Crippen LogP contribution in [0.15, 0.2) is 77.8 Å². The highest BCUT2D eigenvalue weighted by Gasteiger charge is 2.33. The van der Waals surface area contributed by atoms with Gasteiger partial charge in [0.25, 0.3) is 5.91 Å². The number of ether oxygens (including phenoxy) is 1. The zero-order valence-electron chi connectivity index (χ0n) is 23.6. The molecule has 8 nitrogen and oxygen atoms in total. The molecule has 2 amide bonds. The molecule has 2 aliphatic rings. The third-order valence-corrected chi connectivity index (χ3v) is 6.31. The molecule has 212 valence electrons. The lowest BCUT2D eigenvalue weighted by molar-refractivity contribution is -0.127.